The number of hydrogen-bond acceptors (Lipinski definition) is 2. The zero-order valence-corrected chi connectivity index (χ0v) is 8.90. The van der Waals surface area contributed by atoms with Gasteiger partial charge in [-0.2, -0.15) is 0 Å². The number of hydroxylamine groups is 1. The molecule has 1 N–H and O–H groups in total. The lowest BCUT2D eigenvalue weighted by molar-refractivity contribution is -0.138. The van der Waals surface area contributed by atoms with Crippen LogP contribution in [-0.4, -0.2) is 5.91 Å². The highest BCUT2D eigenvalue weighted by Gasteiger charge is 2.09. The average molecular weight is 206 g/mol. The lowest BCUT2D eigenvalue weighted by Crippen LogP contribution is -2.28. The van der Waals surface area contributed by atoms with E-state index in [-0.39, 0.29) is 11.8 Å². The first-order chi connectivity index (χ1) is 7.24. The number of carbonyl (C=O) groups is 1. The van der Waals surface area contributed by atoms with E-state index < -0.39 is 0 Å². The molecule has 3 nitrogen and oxygen atoms in total. The molecule has 0 aliphatic rings. The molecule has 0 fully saturated rings. The van der Waals surface area contributed by atoms with Gasteiger partial charge < -0.3 is 0 Å². The highest BCUT2D eigenvalue weighted by molar-refractivity contribution is 5.77. The van der Waals surface area contributed by atoms with E-state index in [1.165, 1.54) is 0 Å². The molecular formula is C12H16NO2. The lowest BCUT2D eigenvalue weighted by Gasteiger charge is -2.09. The Morgan fingerprint density at radius 2 is 2.13 bits per heavy atom. The minimum atomic E-state index is -0.124. The maximum absolute atomic E-state index is 11.3. The van der Waals surface area contributed by atoms with Gasteiger partial charge in [0.05, 0.1) is 6.61 Å². The zero-order chi connectivity index (χ0) is 11.1. The van der Waals surface area contributed by atoms with Gasteiger partial charge in [0.2, 0.25) is 5.91 Å². The quantitative estimate of drug-likeness (QED) is 0.749. The maximum atomic E-state index is 11.3. The van der Waals surface area contributed by atoms with Gasteiger partial charge in [0, 0.05) is 5.92 Å². The third-order valence-corrected chi connectivity index (χ3v) is 2.14. The van der Waals surface area contributed by atoms with E-state index in [1.54, 1.807) is 0 Å². The van der Waals surface area contributed by atoms with Crippen LogP contribution >= 0.6 is 0 Å². The van der Waals surface area contributed by atoms with Gasteiger partial charge in [-0.1, -0.05) is 44.2 Å². The van der Waals surface area contributed by atoms with Gasteiger partial charge in [-0.05, 0) is 12.0 Å². The summed E-state index contributed by atoms with van der Waals surface area (Å²) in [5.74, 6) is -0.235. The fourth-order valence-corrected chi connectivity index (χ4v) is 0.996. The summed E-state index contributed by atoms with van der Waals surface area (Å²) in [4.78, 5) is 16.4. The Hall–Kier alpha value is -1.35. The molecule has 1 rings (SSSR count). The topological polar surface area (TPSA) is 38.3 Å². The van der Waals surface area contributed by atoms with Gasteiger partial charge in [-0.15, -0.1) is 0 Å². The Kier molecular flexibility index (Phi) is 4.84. The summed E-state index contributed by atoms with van der Waals surface area (Å²) in [6, 6.07) is 9.68. The molecule has 0 aliphatic carbocycles. The molecule has 0 saturated carbocycles. The molecule has 0 bridgehead atoms. The molecule has 0 saturated heterocycles. The van der Waals surface area contributed by atoms with Crippen LogP contribution in [0.2, 0.25) is 0 Å². The highest BCUT2D eigenvalue weighted by atomic mass is 16.6. The van der Waals surface area contributed by atoms with Crippen LogP contribution in [0, 0.1) is 12.8 Å². The summed E-state index contributed by atoms with van der Waals surface area (Å²) in [7, 11) is 0. The van der Waals surface area contributed by atoms with Crippen molar-refractivity contribution in [1.82, 2.24) is 5.48 Å². The second kappa shape index (κ2) is 6.19. The smallest absolute Gasteiger partial charge is 0.246 e. The largest absolute Gasteiger partial charge is 0.273 e. The molecule has 0 aromatic heterocycles. The Labute approximate surface area is 90.4 Å². The van der Waals surface area contributed by atoms with E-state index in [0.717, 1.165) is 5.56 Å². The van der Waals surface area contributed by atoms with Gasteiger partial charge >= 0.3 is 0 Å². The fraction of sp³-hybridized carbons (Fsp3) is 0.333. The van der Waals surface area contributed by atoms with Crippen molar-refractivity contribution < 1.29 is 9.63 Å². The van der Waals surface area contributed by atoms with Crippen molar-refractivity contribution in [2.75, 3.05) is 0 Å². The van der Waals surface area contributed by atoms with Crippen LogP contribution in [-0.2, 0) is 16.2 Å². The predicted molar refractivity (Wildman–Crippen MR) is 58.5 cm³/mol. The van der Waals surface area contributed by atoms with Crippen LogP contribution in [0.1, 0.15) is 18.9 Å². The summed E-state index contributed by atoms with van der Waals surface area (Å²) in [6.45, 7) is 5.86. The third kappa shape index (κ3) is 4.13. The summed E-state index contributed by atoms with van der Waals surface area (Å²) >= 11 is 0. The van der Waals surface area contributed by atoms with Crippen molar-refractivity contribution in [3.05, 3.63) is 42.8 Å². The molecule has 1 unspecified atom stereocenters. The van der Waals surface area contributed by atoms with Crippen LogP contribution in [0.15, 0.2) is 30.3 Å². The zero-order valence-electron chi connectivity index (χ0n) is 8.90. The Balaban J connectivity index is 2.25. The fourth-order valence-electron chi connectivity index (χ4n) is 0.996. The standard InChI is InChI=1S/C12H16NO2/c1-3-10(2)12(14)13-15-9-11-7-5-4-6-8-11/h4-8,10H,1,3,9H2,2H3,(H,13,14). The summed E-state index contributed by atoms with van der Waals surface area (Å²) in [6.07, 6.45) is 0.570. The Bertz CT molecular complexity index is 298. The van der Waals surface area contributed by atoms with Crippen LogP contribution in [0.5, 0.6) is 0 Å². The molecule has 0 aliphatic heterocycles. The number of benzene rings is 1. The van der Waals surface area contributed by atoms with Crippen molar-refractivity contribution >= 4 is 5.91 Å². The number of amides is 1. The van der Waals surface area contributed by atoms with E-state index >= 15 is 0 Å². The molecule has 1 atom stereocenters. The van der Waals surface area contributed by atoms with Crippen LogP contribution in [0.25, 0.3) is 0 Å². The lowest BCUT2D eigenvalue weighted by atomic mass is 10.1. The molecular weight excluding hydrogens is 190 g/mol. The molecule has 0 spiro atoms. The Morgan fingerprint density at radius 3 is 2.73 bits per heavy atom. The van der Waals surface area contributed by atoms with E-state index in [9.17, 15) is 4.79 Å². The maximum Gasteiger partial charge on any atom is 0.246 e. The minimum absolute atomic E-state index is 0.110. The predicted octanol–water partition coefficient (Wildman–Crippen LogP) is 2.09. The first-order valence-electron chi connectivity index (χ1n) is 4.99. The molecule has 1 aromatic carbocycles. The van der Waals surface area contributed by atoms with Crippen LogP contribution < -0.4 is 5.48 Å². The molecule has 15 heavy (non-hydrogen) atoms. The minimum Gasteiger partial charge on any atom is -0.273 e. The van der Waals surface area contributed by atoms with Crippen molar-refractivity contribution in [2.45, 2.75) is 20.0 Å². The molecule has 1 amide bonds. The molecule has 1 aromatic rings. The second-order valence-electron chi connectivity index (χ2n) is 3.43. The first kappa shape index (κ1) is 11.7. The number of hydrogen-bond donors (Lipinski definition) is 1. The van der Waals surface area contributed by atoms with Gasteiger partial charge in [-0.25, -0.2) is 5.48 Å². The molecule has 1 radical (unpaired) electrons. The van der Waals surface area contributed by atoms with Gasteiger partial charge in [0.15, 0.2) is 0 Å². The summed E-state index contributed by atoms with van der Waals surface area (Å²) in [5.41, 5.74) is 3.43. The molecule has 0 heterocycles. The normalized spacial score (nSPS) is 12.1. The Morgan fingerprint density at radius 1 is 1.47 bits per heavy atom. The molecule has 81 valence electrons. The summed E-state index contributed by atoms with van der Waals surface area (Å²) in [5, 5.41) is 0. The van der Waals surface area contributed by atoms with Crippen molar-refractivity contribution in [3.63, 3.8) is 0 Å². The average Bonchev–Trinajstić information content (AvgIpc) is 2.29. The van der Waals surface area contributed by atoms with E-state index in [0.29, 0.717) is 13.0 Å². The third-order valence-electron chi connectivity index (χ3n) is 2.14. The monoisotopic (exact) mass is 206 g/mol. The van der Waals surface area contributed by atoms with E-state index in [4.69, 9.17) is 4.84 Å². The van der Waals surface area contributed by atoms with Crippen molar-refractivity contribution in [3.8, 4) is 0 Å². The van der Waals surface area contributed by atoms with Gasteiger partial charge in [0.1, 0.15) is 0 Å². The van der Waals surface area contributed by atoms with Crippen LogP contribution in [0.4, 0.5) is 0 Å². The highest BCUT2D eigenvalue weighted by Crippen LogP contribution is 2.01. The van der Waals surface area contributed by atoms with E-state index in [2.05, 4.69) is 12.4 Å². The first-order valence-corrected chi connectivity index (χ1v) is 4.99. The van der Waals surface area contributed by atoms with Gasteiger partial charge in [0.25, 0.3) is 0 Å². The molecule has 3 heteroatoms. The second-order valence-corrected chi connectivity index (χ2v) is 3.43. The van der Waals surface area contributed by atoms with Crippen molar-refractivity contribution in [1.29, 1.82) is 0 Å². The van der Waals surface area contributed by atoms with Gasteiger partial charge in [-0.3, -0.25) is 9.63 Å². The van der Waals surface area contributed by atoms with Crippen LogP contribution in [0.3, 0.4) is 0 Å². The SMILES string of the molecule is [CH2]CC(C)C(=O)NOCc1ccccc1. The van der Waals surface area contributed by atoms with E-state index in [1.807, 2.05) is 37.3 Å². The van der Waals surface area contributed by atoms with Crippen molar-refractivity contribution in [2.24, 2.45) is 5.92 Å². The number of nitrogens with one attached hydrogen (secondary N) is 1. The number of rotatable bonds is 5. The number of carbonyl (C=O) groups excluding carboxylic acids is 1. The summed E-state index contributed by atoms with van der Waals surface area (Å²) < 4.78 is 0.